The second-order valence-electron chi connectivity index (χ2n) is 5.44. The summed E-state index contributed by atoms with van der Waals surface area (Å²) in [7, 11) is 0. The topological polar surface area (TPSA) is 12.9 Å². The highest BCUT2D eigenvalue weighted by Crippen LogP contribution is 2.47. The molecule has 0 radical (unpaired) electrons. The van der Waals surface area contributed by atoms with Crippen molar-refractivity contribution in [3.63, 3.8) is 0 Å². The summed E-state index contributed by atoms with van der Waals surface area (Å²) in [6, 6.07) is 2.22. The lowest BCUT2D eigenvalue weighted by molar-refractivity contribution is 0.414. The van der Waals surface area contributed by atoms with Crippen LogP contribution in [-0.4, -0.2) is 4.98 Å². The van der Waals surface area contributed by atoms with Crippen LogP contribution in [0, 0.1) is 11.8 Å². The molecule has 2 rings (SSSR count). The van der Waals surface area contributed by atoms with Crippen LogP contribution in [0.2, 0.25) is 0 Å². The minimum atomic E-state index is 0.723. The number of pyridine rings is 1. The summed E-state index contributed by atoms with van der Waals surface area (Å²) in [5.41, 5.74) is 3.06. The molecule has 0 saturated heterocycles. The van der Waals surface area contributed by atoms with E-state index >= 15 is 0 Å². The molecule has 1 nitrogen and oxygen atoms in total. The fraction of sp³-hybridized carbons (Fsp3) is 0.643. The SMILES string of the molecule is CC(C)C1CC(C(C)C)c2cnccc21. The molecular formula is C14H21N. The molecule has 1 heteroatoms. The Bertz CT molecular complexity index is 308. The molecule has 1 heterocycles. The summed E-state index contributed by atoms with van der Waals surface area (Å²) >= 11 is 0. The highest BCUT2D eigenvalue weighted by molar-refractivity contribution is 5.36. The first-order valence-corrected chi connectivity index (χ1v) is 6.05. The van der Waals surface area contributed by atoms with Gasteiger partial charge in [0, 0.05) is 12.4 Å². The highest BCUT2D eigenvalue weighted by atomic mass is 14.6. The minimum Gasteiger partial charge on any atom is -0.264 e. The van der Waals surface area contributed by atoms with Gasteiger partial charge in [-0.15, -0.1) is 0 Å². The number of hydrogen-bond donors (Lipinski definition) is 0. The number of aromatic nitrogens is 1. The molecular weight excluding hydrogens is 182 g/mol. The normalized spacial score (nSPS) is 24.9. The molecule has 82 valence electrons. The maximum atomic E-state index is 4.28. The van der Waals surface area contributed by atoms with E-state index < -0.39 is 0 Å². The molecule has 1 aliphatic rings. The molecule has 0 aromatic carbocycles. The van der Waals surface area contributed by atoms with E-state index in [-0.39, 0.29) is 0 Å². The van der Waals surface area contributed by atoms with Crippen LogP contribution in [0.3, 0.4) is 0 Å². The molecule has 1 aliphatic carbocycles. The van der Waals surface area contributed by atoms with Crippen LogP contribution >= 0.6 is 0 Å². The second-order valence-corrected chi connectivity index (χ2v) is 5.44. The Morgan fingerprint density at radius 2 is 1.67 bits per heavy atom. The molecule has 0 saturated carbocycles. The van der Waals surface area contributed by atoms with Crippen LogP contribution in [0.1, 0.15) is 57.1 Å². The third-order valence-electron chi connectivity index (χ3n) is 3.80. The van der Waals surface area contributed by atoms with Gasteiger partial charge in [0.1, 0.15) is 0 Å². The summed E-state index contributed by atoms with van der Waals surface area (Å²) in [6.07, 6.45) is 5.34. The lowest BCUT2D eigenvalue weighted by Crippen LogP contribution is -2.05. The van der Waals surface area contributed by atoms with Gasteiger partial charge >= 0.3 is 0 Å². The molecule has 15 heavy (non-hydrogen) atoms. The molecule has 0 fully saturated rings. The predicted octanol–water partition coefficient (Wildman–Crippen LogP) is 3.96. The summed E-state index contributed by atoms with van der Waals surface area (Å²) in [4.78, 5) is 4.28. The van der Waals surface area contributed by atoms with Crippen molar-refractivity contribution in [3.8, 4) is 0 Å². The Labute approximate surface area is 92.9 Å². The molecule has 0 amide bonds. The Morgan fingerprint density at radius 1 is 1.07 bits per heavy atom. The fourth-order valence-electron chi connectivity index (χ4n) is 2.85. The summed E-state index contributed by atoms with van der Waals surface area (Å²) < 4.78 is 0. The lowest BCUT2D eigenvalue weighted by atomic mass is 9.87. The zero-order valence-corrected chi connectivity index (χ0v) is 10.2. The van der Waals surface area contributed by atoms with E-state index in [1.807, 2.05) is 6.20 Å². The van der Waals surface area contributed by atoms with Gasteiger partial charge < -0.3 is 0 Å². The van der Waals surface area contributed by atoms with Crippen LogP contribution in [0.4, 0.5) is 0 Å². The maximum absolute atomic E-state index is 4.28. The quantitative estimate of drug-likeness (QED) is 0.709. The standard InChI is InChI=1S/C14H21N/c1-9(2)12-7-13(10(3)4)14-8-15-6-5-11(12)14/h5-6,8-10,12-13H,7H2,1-4H3. The van der Waals surface area contributed by atoms with Crippen molar-refractivity contribution < 1.29 is 0 Å². The van der Waals surface area contributed by atoms with Gasteiger partial charge in [0.05, 0.1) is 0 Å². The van der Waals surface area contributed by atoms with Gasteiger partial charge in [-0.1, -0.05) is 27.7 Å². The first-order valence-electron chi connectivity index (χ1n) is 6.05. The average molecular weight is 203 g/mol. The Kier molecular flexibility index (Phi) is 2.81. The van der Waals surface area contributed by atoms with E-state index in [2.05, 4.69) is 44.9 Å². The van der Waals surface area contributed by atoms with Gasteiger partial charge in [0.15, 0.2) is 0 Å². The van der Waals surface area contributed by atoms with Gasteiger partial charge in [-0.3, -0.25) is 4.98 Å². The summed E-state index contributed by atoms with van der Waals surface area (Å²) in [5.74, 6) is 2.95. The van der Waals surface area contributed by atoms with Gasteiger partial charge in [0.25, 0.3) is 0 Å². The predicted molar refractivity (Wildman–Crippen MR) is 64.0 cm³/mol. The highest BCUT2D eigenvalue weighted by Gasteiger charge is 2.33. The van der Waals surface area contributed by atoms with Crippen molar-refractivity contribution in [3.05, 3.63) is 29.6 Å². The smallest absolute Gasteiger partial charge is 0.0305 e. The first-order chi connectivity index (χ1) is 7.11. The molecule has 2 atom stereocenters. The van der Waals surface area contributed by atoms with Crippen molar-refractivity contribution in [2.24, 2.45) is 11.8 Å². The zero-order valence-electron chi connectivity index (χ0n) is 10.2. The summed E-state index contributed by atoms with van der Waals surface area (Å²) in [5, 5.41) is 0. The lowest BCUT2D eigenvalue weighted by Gasteiger charge is -2.17. The molecule has 0 aliphatic heterocycles. The summed E-state index contributed by atoms with van der Waals surface area (Å²) in [6.45, 7) is 9.31. The van der Waals surface area contributed by atoms with Gasteiger partial charge in [-0.05, 0) is 47.3 Å². The average Bonchev–Trinajstić information content (AvgIpc) is 2.56. The van der Waals surface area contributed by atoms with E-state index in [1.54, 1.807) is 5.56 Å². The molecule has 0 spiro atoms. The van der Waals surface area contributed by atoms with Crippen LogP contribution in [0.25, 0.3) is 0 Å². The van der Waals surface area contributed by atoms with Gasteiger partial charge in [0.2, 0.25) is 0 Å². The largest absolute Gasteiger partial charge is 0.264 e. The monoisotopic (exact) mass is 203 g/mol. The molecule has 0 bridgehead atoms. The Morgan fingerprint density at radius 3 is 2.27 bits per heavy atom. The van der Waals surface area contributed by atoms with Crippen molar-refractivity contribution in [2.75, 3.05) is 0 Å². The van der Waals surface area contributed by atoms with E-state index in [9.17, 15) is 0 Å². The van der Waals surface area contributed by atoms with E-state index in [1.165, 1.54) is 12.0 Å². The Hall–Kier alpha value is -0.850. The van der Waals surface area contributed by atoms with Crippen molar-refractivity contribution in [1.82, 2.24) is 4.98 Å². The van der Waals surface area contributed by atoms with Crippen LogP contribution in [0.15, 0.2) is 18.5 Å². The Balaban J connectivity index is 2.39. The van der Waals surface area contributed by atoms with Gasteiger partial charge in [-0.25, -0.2) is 0 Å². The van der Waals surface area contributed by atoms with Gasteiger partial charge in [-0.2, -0.15) is 0 Å². The molecule has 2 unspecified atom stereocenters. The van der Waals surface area contributed by atoms with Crippen molar-refractivity contribution >= 4 is 0 Å². The number of fused-ring (bicyclic) bond motifs is 1. The number of hydrogen-bond acceptors (Lipinski definition) is 1. The van der Waals surface area contributed by atoms with Crippen molar-refractivity contribution in [2.45, 2.75) is 46.0 Å². The number of nitrogens with zero attached hydrogens (tertiary/aromatic N) is 1. The first kappa shape index (κ1) is 10.7. The van der Waals surface area contributed by atoms with E-state index in [0.29, 0.717) is 0 Å². The number of rotatable bonds is 2. The van der Waals surface area contributed by atoms with Crippen LogP contribution in [0.5, 0.6) is 0 Å². The van der Waals surface area contributed by atoms with E-state index in [0.717, 1.165) is 23.7 Å². The third kappa shape index (κ3) is 1.80. The third-order valence-corrected chi connectivity index (χ3v) is 3.80. The zero-order chi connectivity index (χ0) is 11.0. The maximum Gasteiger partial charge on any atom is 0.0305 e. The van der Waals surface area contributed by atoms with Crippen LogP contribution < -0.4 is 0 Å². The van der Waals surface area contributed by atoms with E-state index in [4.69, 9.17) is 0 Å². The molecule has 1 aromatic heterocycles. The fourth-order valence-corrected chi connectivity index (χ4v) is 2.85. The minimum absolute atomic E-state index is 0.723. The van der Waals surface area contributed by atoms with Crippen molar-refractivity contribution in [1.29, 1.82) is 0 Å². The molecule has 0 N–H and O–H groups in total. The van der Waals surface area contributed by atoms with Crippen LogP contribution in [-0.2, 0) is 0 Å². The molecule has 1 aromatic rings. The second kappa shape index (κ2) is 3.96.